The van der Waals surface area contributed by atoms with Crippen LogP contribution in [-0.2, 0) is 10.8 Å². The van der Waals surface area contributed by atoms with E-state index >= 15 is 0 Å². The summed E-state index contributed by atoms with van der Waals surface area (Å²) in [5.74, 6) is 1.71. The summed E-state index contributed by atoms with van der Waals surface area (Å²) in [6, 6.07) is 41.3. The van der Waals surface area contributed by atoms with E-state index < -0.39 is 0 Å². The Morgan fingerprint density at radius 1 is 0.460 bits per heavy atom. The maximum atomic E-state index is 6.75. The van der Waals surface area contributed by atoms with Crippen molar-refractivity contribution in [3.63, 3.8) is 0 Å². The molecule has 312 valence electrons. The van der Waals surface area contributed by atoms with Gasteiger partial charge in [-0.1, -0.05) is 96.1 Å². The Balaban J connectivity index is 1.21. The number of rotatable bonds is 4. The van der Waals surface area contributed by atoms with Crippen molar-refractivity contribution in [3.8, 4) is 34.2 Å². The highest BCUT2D eigenvalue weighted by atomic mass is 79.9. The van der Waals surface area contributed by atoms with Crippen LogP contribution >= 0.6 is 15.9 Å². The van der Waals surface area contributed by atoms with Gasteiger partial charge in [0.05, 0.1) is 26.9 Å². The number of imidazole rings is 2. The van der Waals surface area contributed by atoms with Crippen LogP contribution in [0, 0.1) is 27.7 Å². The second-order valence-corrected chi connectivity index (χ2v) is 20.2. The smallest absolute Gasteiger partial charge is 0.163 e. The number of halogens is 1. The van der Waals surface area contributed by atoms with Crippen LogP contribution in [0.1, 0.15) is 74.9 Å². The average molecular weight is 890 g/mol. The molecular formula is C56H49BrN4O2. The van der Waals surface area contributed by atoms with Crippen molar-refractivity contribution < 1.29 is 8.83 Å². The molecule has 0 saturated carbocycles. The molecule has 0 bridgehead atoms. The van der Waals surface area contributed by atoms with Crippen LogP contribution in [0.25, 0.3) is 100 Å². The van der Waals surface area contributed by atoms with Crippen molar-refractivity contribution >= 4 is 81.9 Å². The van der Waals surface area contributed by atoms with E-state index in [4.69, 9.17) is 18.8 Å². The third-order valence-corrected chi connectivity index (χ3v) is 13.9. The number of nitrogens with zero attached hydrogens (tertiary/aromatic N) is 4. The molecule has 7 aromatic carbocycles. The van der Waals surface area contributed by atoms with Gasteiger partial charge in [0.2, 0.25) is 0 Å². The normalized spacial score (nSPS) is 12.7. The highest BCUT2D eigenvalue weighted by molar-refractivity contribution is 9.10. The monoisotopic (exact) mass is 888 g/mol. The summed E-state index contributed by atoms with van der Waals surface area (Å²) in [7, 11) is 0. The highest BCUT2D eigenvalue weighted by Gasteiger charge is 2.28. The van der Waals surface area contributed by atoms with Crippen molar-refractivity contribution in [2.24, 2.45) is 0 Å². The number of fused-ring (bicyclic) bond motifs is 10. The molecular weight excluding hydrogens is 841 g/mol. The number of aromatic nitrogens is 4. The van der Waals surface area contributed by atoms with Gasteiger partial charge in [-0.3, -0.25) is 9.13 Å². The third kappa shape index (κ3) is 5.96. The van der Waals surface area contributed by atoms with Gasteiger partial charge in [-0.2, -0.15) is 0 Å². The molecule has 0 aliphatic rings. The lowest BCUT2D eigenvalue weighted by Crippen LogP contribution is -2.10. The van der Waals surface area contributed by atoms with Gasteiger partial charge in [0.15, 0.2) is 11.2 Å². The van der Waals surface area contributed by atoms with Gasteiger partial charge < -0.3 is 8.83 Å². The maximum absolute atomic E-state index is 6.75. The van der Waals surface area contributed by atoms with Crippen molar-refractivity contribution in [1.29, 1.82) is 0 Å². The van der Waals surface area contributed by atoms with Gasteiger partial charge in [0.1, 0.15) is 33.8 Å². The van der Waals surface area contributed by atoms with E-state index in [2.05, 4.69) is 210 Å². The molecule has 11 rings (SSSR count). The number of aryl methyl sites for hydroxylation is 4. The van der Waals surface area contributed by atoms with Crippen LogP contribution in [0.4, 0.5) is 0 Å². The summed E-state index contributed by atoms with van der Waals surface area (Å²) < 4.78 is 19.0. The van der Waals surface area contributed by atoms with Crippen LogP contribution < -0.4 is 0 Å². The van der Waals surface area contributed by atoms with Crippen LogP contribution in [0.2, 0.25) is 0 Å². The molecule has 0 saturated heterocycles. The van der Waals surface area contributed by atoms with Crippen LogP contribution in [0.15, 0.2) is 129 Å². The summed E-state index contributed by atoms with van der Waals surface area (Å²) in [5.41, 5.74) is 18.1. The maximum Gasteiger partial charge on any atom is 0.163 e. The Morgan fingerprint density at radius 2 is 0.841 bits per heavy atom. The van der Waals surface area contributed by atoms with Crippen molar-refractivity contribution in [2.75, 3.05) is 0 Å². The predicted octanol–water partition coefficient (Wildman–Crippen LogP) is 16.1. The van der Waals surface area contributed by atoms with Crippen LogP contribution in [0.5, 0.6) is 0 Å². The standard InChI is InChI=1S/C56H49BrN4O2/c1-30-14-11-15-31(2)46(30)53-58-49-42(24-22-36-38-28-34(55(5,6)7)20-26-44(38)62-51(36)49)60(53)40-18-13-19-41(48(40)57)61-43-25-23-37-39-29-35(56(8,9)10)21-27-45(39)63-52(37)50(43)59-54(61)47-32(3)16-12-17-33(47)4/h11-29H,1-10H3. The first-order chi connectivity index (χ1) is 30.1. The second kappa shape index (κ2) is 13.8. The Labute approximate surface area is 375 Å². The zero-order valence-corrected chi connectivity index (χ0v) is 39.0. The van der Waals surface area contributed by atoms with Crippen LogP contribution in [0.3, 0.4) is 0 Å². The first-order valence-corrected chi connectivity index (χ1v) is 22.6. The molecule has 0 N–H and O–H groups in total. The van der Waals surface area contributed by atoms with E-state index in [9.17, 15) is 0 Å². The Morgan fingerprint density at radius 3 is 1.22 bits per heavy atom. The van der Waals surface area contributed by atoms with E-state index in [0.717, 1.165) is 127 Å². The number of furan rings is 2. The van der Waals surface area contributed by atoms with Crippen molar-refractivity contribution in [3.05, 3.63) is 153 Å². The molecule has 0 unspecified atom stereocenters. The van der Waals surface area contributed by atoms with Crippen LogP contribution in [-0.4, -0.2) is 19.1 Å². The molecule has 0 amide bonds. The fraction of sp³-hybridized carbons (Fsp3) is 0.214. The minimum atomic E-state index is 0.00282. The third-order valence-electron chi connectivity index (χ3n) is 13.1. The molecule has 4 aromatic heterocycles. The number of benzene rings is 7. The van der Waals surface area contributed by atoms with E-state index in [1.54, 1.807) is 0 Å². The van der Waals surface area contributed by atoms with Crippen molar-refractivity contribution in [2.45, 2.75) is 80.1 Å². The summed E-state index contributed by atoms with van der Waals surface area (Å²) in [4.78, 5) is 11.1. The van der Waals surface area contributed by atoms with Gasteiger partial charge in [-0.25, -0.2) is 9.97 Å². The van der Waals surface area contributed by atoms with Gasteiger partial charge in [-0.05, 0) is 148 Å². The largest absolute Gasteiger partial charge is 0.454 e. The molecule has 0 aliphatic carbocycles. The molecule has 6 nitrogen and oxygen atoms in total. The van der Waals surface area contributed by atoms with Gasteiger partial charge >= 0.3 is 0 Å². The summed E-state index contributed by atoms with van der Waals surface area (Å²) >= 11 is 4.25. The summed E-state index contributed by atoms with van der Waals surface area (Å²) in [6.45, 7) is 22.2. The zero-order chi connectivity index (χ0) is 43.9. The average Bonchev–Trinajstić information content (AvgIpc) is 4.00. The first kappa shape index (κ1) is 39.4. The zero-order valence-electron chi connectivity index (χ0n) is 37.5. The van der Waals surface area contributed by atoms with Gasteiger partial charge in [-0.15, -0.1) is 0 Å². The van der Waals surface area contributed by atoms with E-state index in [0.29, 0.717) is 0 Å². The second-order valence-electron chi connectivity index (χ2n) is 19.4. The van der Waals surface area contributed by atoms with Gasteiger partial charge in [0, 0.05) is 32.7 Å². The van der Waals surface area contributed by atoms with E-state index in [-0.39, 0.29) is 10.8 Å². The molecule has 0 aliphatic heterocycles. The molecule has 0 fully saturated rings. The Bertz CT molecular complexity index is 3430. The fourth-order valence-corrected chi connectivity index (χ4v) is 10.3. The minimum Gasteiger partial charge on any atom is -0.454 e. The molecule has 0 radical (unpaired) electrons. The lowest BCUT2D eigenvalue weighted by Gasteiger charge is -2.19. The Kier molecular flexibility index (Phi) is 8.62. The SMILES string of the molecule is Cc1cccc(C)c1-c1nc2c3oc4ccc(C(C)(C)C)cc4c3ccc2n1-c1cccc(-n2c(-c3c(C)cccc3C)nc3c4oc5ccc(C(C)(C)C)cc5c4ccc32)c1Br. The lowest BCUT2D eigenvalue weighted by molar-refractivity contribution is 0.590. The van der Waals surface area contributed by atoms with E-state index in [1.807, 2.05) is 0 Å². The van der Waals surface area contributed by atoms with E-state index in [1.165, 1.54) is 11.1 Å². The lowest BCUT2D eigenvalue weighted by atomic mass is 9.86. The molecule has 0 atom stereocenters. The molecule has 11 aromatic rings. The highest BCUT2D eigenvalue weighted by Crippen LogP contribution is 2.45. The fourth-order valence-electron chi connectivity index (χ4n) is 9.69. The topological polar surface area (TPSA) is 61.9 Å². The molecule has 4 heterocycles. The minimum absolute atomic E-state index is 0.00282. The Hall–Kier alpha value is -6.44. The molecule has 7 heteroatoms. The summed E-state index contributed by atoms with van der Waals surface area (Å²) in [5, 5.41) is 4.32. The summed E-state index contributed by atoms with van der Waals surface area (Å²) in [6.07, 6.45) is 0. The first-order valence-electron chi connectivity index (χ1n) is 21.8. The van der Waals surface area contributed by atoms with Gasteiger partial charge in [0.25, 0.3) is 0 Å². The molecule has 63 heavy (non-hydrogen) atoms. The van der Waals surface area contributed by atoms with Crippen molar-refractivity contribution in [1.82, 2.24) is 19.1 Å². The predicted molar refractivity (Wildman–Crippen MR) is 265 cm³/mol. The number of hydrogen-bond donors (Lipinski definition) is 0. The number of hydrogen-bond acceptors (Lipinski definition) is 4. The molecule has 0 spiro atoms. The quantitative estimate of drug-likeness (QED) is 0.177.